The first-order valence-electron chi connectivity index (χ1n) is 10.6. The smallest absolute Gasteiger partial charge is 0.274 e. The minimum absolute atomic E-state index is 0.112. The number of piperazine rings is 1. The normalized spacial score (nSPS) is 14.6. The molecule has 1 aliphatic rings. The second kappa shape index (κ2) is 9.71. The molecule has 0 bridgehead atoms. The molecule has 0 saturated carbocycles. The number of carbonyl (C=O) groups excluding carboxylic acids is 1. The van der Waals surface area contributed by atoms with Gasteiger partial charge in [0.15, 0.2) is 12.4 Å². The summed E-state index contributed by atoms with van der Waals surface area (Å²) in [5, 5.41) is 4.81. The second-order valence-electron chi connectivity index (χ2n) is 8.05. The van der Waals surface area contributed by atoms with Crippen LogP contribution in [0.25, 0.3) is 0 Å². The van der Waals surface area contributed by atoms with Gasteiger partial charge < -0.3 is 9.64 Å². The topological polar surface area (TPSA) is 50.6 Å². The van der Waals surface area contributed by atoms with Crippen LogP contribution in [-0.2, 0) is 13.3 Å². The van der Waals surface area contributed by atoms with E-state index in [9.17, 15) is 9.18 Å². The lowest BCUT2D eigenvalue weighted by molar-refractivity contribution is 0.0619. The fourth-order valence-corrected chi connectivity index (χ4v) is 4.05. The van der Waals surface area contributed by atoms with Gasteiger partial charge in [-0.3, -0.25) is 9.69 Å². The van der Waals surface area contributed by atoms with Crippen molar-refractivity contribution in [1.82, 2.24) is 19.6 Å². The molecule has 32 heavy (non-hydrogen) atoms. The number of carbonyl (C=O) groups is 1. The first kappa shape index (κ1) is 22.3. The van der Waals surface area contributed by atoms with Gasteiger partial charge in [0.2, 0.25) is 0 Å². The molecule has 1 fully saturated rings. The molecule has 2 aromatic carbocycles. The summed E-state index contributed by atoms with van der Waals surface area (Å²) in [5.74, 6) is 0.383. The fraction of sp³-hybridized carbons (Fsp3) is 0.333. The molecule has 168 valence electrons. The first-order valence-corrected chi connectivity index (χ1v) is 11.0. The van der Waals surface area contributed by atoms with Crippen LogP contribution in [0.3, 0.4) is 0 Å². The number of amides is 1. The van der Waals surface area contributed by atoms with Crippen molar-refractivity contribution in [2.75, 3.05) is 26.2 Å². The van der Waals surface area contributed by atoms with Crippen molar-refractivity contribution < 1.29 is 13.9 Å². The Morgan fingerprint density at radius 3 is 2.62 bits per heavy atom. The minimum Gasteiger partial charge on any atom is -0.471 e. The Kier molecular flexibility index (Phi) is 6.77. The zero-order valence-corrected chi connectivity index (χ0v) is 19.0. The number of benzene rings is 2. The second-order valence-corrected chi connectivity index (χ2v) is 8.46. The zero-order chi connectivity index (χ0) is 22.7. The molecule has 6 nitrogen and oxygen atoms in total. The highest BCUT2D eigenvalue weighted by atomic mass is 35.5. The molecule has 4 rings (SSSR count). The third-order valence-electron chi connectivity index (χ3n) is 5.65. The Morgan fingerprint density at radius 1 is 1.12 bits per heavy atom. The third-order valence-corrected chi connectivity index (χ3v) is 6.00. The quantitative estimate of drug-likeness (QED) is 0.555. The van der Waals surface area contributed by atoms with Crippen LogP contribution in [0.2, 0.25) is 5.02 Å². The van der Waals surface area contributed by atoms with Gasteiger partial charge in [-0.05, 0) is 43.7 Å². The van der Waals surface area contributed by atoms with Crippen molar-refractivity contribution in [3.63, 3.8) is 0 Å². The van der Waals surface area contributed by atoms with Crippen molar-refractivity contribution in [3.05, 3.63) is 81.9 Å². The summed E-state index contributed by atoms with van der Waals surface area (Å²) in [7, 11) is 0. The van der Waals surface area contributed by atoms with E-state index in [1.54, 1.807) is 34.0 Å². The fourth-order valence-electron chi connectivity index (χ4n) is 3.82. The van der Waals surface area contributed by atoms with Crippen LogP contribution >= 0.6 is 11.6 Å². The van der Waals surface area contributed by atoms with Gasteiger partial charge in [-0.25, -0.2) is 9.07 Å². The molecule has 8 heteroatoms. The van der Waals surface area contributed by atoms with Crippen LogP contribution in [0.15, 0.2) is 48.7 Å². The highest BCUT2D eigenvalue weighted by molar-refractivity contribution is 6.31. The van der Waals surface area contributed by atoms with E-state index in [1.165, 1.54) is 11.6 Å². The van der Waals surface area contributed by atoms with Gasteiger partial charge in [0, 0.05) is 49.5 Å². The number of hydrogen-bond acceptors (Lipinski definition) is 4. The maximum absolute atomic E-state index is 14.0. The number of rotatable bonds is 6. The Bertz CT molecular complexity index is 1090. The van der Waals surface area contributed by atoms with E-state index in [4.69, 9.17) is 16.3 Å². The van der Waals surface area contributed by atoms with Crippen molar-refractivity contribution in [1.29, 1.82) is 0 Å². The van der Waals surface area contributed by atoms with E-state index in [0.29, 0.717) is 49.0 Å². The largest absolute Gasteiger partial charge is 0.471 e. The van der Waals surface area contributed by atoms with E-state index in [-0.39, 0.29) is 18.5 Å². The Morgan fingerprint density at radius 2 is 1.91 bits per heavy atom. The summed E-state index contributed by atoms with van der Waals surface area (Å²) >= 11 is 6.14. The van der Waals surface area contributed by atoms with E-state index in [0.717, 1.165) is 11.3 Å². The van der Waals surface area contributed by atoms with Crippen LogP contribution < -0.4 is 4.74 Å². The average Bonchev–Trinajstić information content (AvgIpc) is 3.25. The molecule has 1 saturated heterocycles. The SMILES string of the molecule is Cc1ccc(OCn2ccc(C(=O)N3CCN(Cc4c(F)cccc4Cl)CC3)n2)c(C)c1. The molecule has 1 amide bonds. The summed E-state index contributed by atoms with van der Waals surface area (Å²) in [6.07, 6.45) is 1.74. The minimum atomic E-state index is -0.301. The number of nitrogens with zero attached hydrogens (tertiary/aromatic N) is 4. The van der Waals surface area contributed by atoms with Crippen molar-refractivity contribution in [3.8, 4) is 5.75 Å². The molecule has 3 aromatic rings. The number of ether oxygens (including phenoxy) is 1. The Labute approximate surface area is 192 Å². The maximum atomic E-state index is 14.0. The predicted octanol–water partition coefficient (Wildman–Crippen LogP) is 4.29. The summed E-state index contributed by atoms with van der Waals surface area (Å²) < 4.78 is 21.5. The van der Waals surface area contributed by atoms with E-state index >= 15 is 0 Å². The molecule has 0 spiro atoms. The van der Waals surface area contributed by atoms with Gasteiger partial charge in [-0.1, -0.05) is 35.4 Å². The van der Waals surface area contributed by atoms with Crippen molar-refractivity contribution in [2.45, 2.75) is 27.1 Å². The molecule has 0 aliphatic carbocycles. The van der Waals surface area contributed by atoms with Crippen LogP contribution in [0.5, 0.6) is 5.75 Å². The number of halogens is 2. The molecular formula is C24H26ClFN4O2. The van der Waals surface area contributed by atoms with Gasteiger partial charge in [0.25, 0.3) is 5.91 Å². The summed E-state index contributed by atoms with van der Waals surface area (Å²) in [5.41, 5.74) is 3.12. The zero-order valence-electron chi connectivity index (χ0n) is 18.2. The van der Waals surface area contributed by atoms with Gasteiger partial charge in [0.1, 0.15) is 11.6 Å². The lowest BCUT2D eigenvalue weighted by Crippen LogP contribution is -2.48. The molecule has 2 heterocycles. The van der Waals surface area contributed by atoms with Crippen LogP contribution in [0.4, 0.5) is 4.39 Å². The molecule has 0 unspecified atom stereocenters. The van der Waals surface area contributed by atoms with Crippen LogP contribution in [-0.4, -0.2) is 51.7 Å². The van der Waals surface area contributed by atoms with Gasteiger partial charge in [-0.2, -0.15) is 5.10 Å². The molecule has 1 aliphatic heterocycles. The monoisotopic (exact) mass is 456 g/mol. The van der Waals surface area contributed by atoms with Crippen LogP contribution in [0.1, 0.15) is 27.2 Å². The highest BCUT2D eigenvalue weighted by Gasteiger charge is 2.24. The van der Waals surface area contributed by atoms with Crippen molar-refractivity contribution in [2.24, 2.45) is 0 Å². The number of aromatic nitrogens is 2. The summed E-state index contributed by atoms with van der Waals surface area (Å²) in [6, 6.07) is 12.4. The third kappa shape index (κ3) is 5.11. The standard InChI is InChI=1S/C24H26ClFN4O2/c1-17-6-7-23(18(2)14-17)32-16-30-9-8-22(27-30)24(31)29-12-10-28(11-13-29)15-19-20(25)4-3-5-21(19)26/h3-9,14H,10-13,15-16H2,1-2H3. The molecule has 0 N–H and O–H groups in total. The average molecular weight is 457 g/mol. The van der Waals surface area contributed by atoms with Gasteiger partial charge in [-0.15, -0.1) is 0 Å². The first-order chi connectivity index (χ1) is 15.4. The van der Waals surface area contributed by atoms with E-state index in [2.05, 4.69) is 16.1 Å². The molecule has 0 atom stereocenters. The molecular weight excluding hydrogens is 431 g/mol. The van der Waals surface area contributed by atoms with E-state index in [1.807, 2.05) is 26.0 Å². The molecule has 0 radical (unpaired) electrons. The Balaban J connectivity index is 1.30. The van der Waals surface area contributed by atoms with Gasteiger partial charge >= 0.3 is 0 Å². The Hall–Kier alpha value is -2.90. The summed E-state index contributed by atoms with van der Waals surface area (Å²) in [6.45, 7) is 7.09. The van der Waals surface area contributed by atoms with Gasteiger partial charge in [0.05, 0.1) is 0 Å². The lowest BCUT2D eigenvalue weighted by Gasteiger charge is -2.34. The predicted molar refractivity (Wildman–Crippen MR) is 121 cm³/mol. The number of hydrogen-bond donors (Lipinski definition) is 0. The van der Waals surface area contributed by atoms with E-state index < -0.39 is 0 Å². The highest BCUT2D eigenvalue weighted by Crippen LogP contribution is 2.22. The molecule has 1 aromatic heterocycles. The lowest BCUT2D eigenvalue weighted by atomic mass is 10.1. The van der Waals surface area contributed by atoms with Crippen molar-refractivity contribution >= 4 is 17.5 Å². The maximum Gasteiger partial charge on any atom is 0.274 e. The number of aryl methyl sites for hydroxylation is 2. The summed E-state index contributed by atoms with van der Waals surface area (Å²) in [4.78, 5) is 16.7. The van der Waals surface area contributed by atoms with Crippen LogP contribution in [0, 0.1) is 19.7 Å².